The summed E-state index contributed by atoms with van der Waals surface area (Å²) in [4.78, 5) is 0. The lowest BCUT2D eigenvalue weighted by Gasteiger charge is -2.34. The Hall–Kier alpha value is -0.460. The van der Waals surface area contributed by atoms with Gasteiger partial charge in [-0.15, -0.1) is 0 Å². The van der Waals surface area contributed by atoms with Crippen molar-refractivity contribution in [2.45, 2.75) is 76.9 Å². The standard InChI is InChI=1S/C12H20F6O/c1-5-11(15,16)9(7(3)13)19-10(8(4)14)12(17,18)6-2/h7-10H,5-6H2,1-4H3. The number of hydrogen-bond donors (Lipinski definition) is 0. The third-order valence-electron chi connectivity index (χ3n) is 2.90. The Labute approximate surface area is 109 Å². The molecule has 4 atom stereocenters. The van der Waals surface area contributed by atoms with Gasteiger partial charge in [-0.2, -0.15) is 0 Å². The molecule has 1 nitrogen and oxygen atoms in total. The van der Waals surface area contributed by atoms with Crippen LogP contribution in [0.25, 0.3) is 0 Å². The molecule has 7 heteroatoms. The molecular weight excluding hydrogens is 274 g/mol. The topological polar surface area (TPSA) is 9.23 Å². The summed E-state index contributed by atoms with van der Waals surface area (Å²) in [5.41, 5.74) is 0. The van der Waals surface area contributed by atoms with Crippen LogP contribution in [0.1, 0.15) is 40.5 Å². The van der Waals surface area contributed by atoms with E-state index in [4.69, 9.17) is 0 Å². The molecule has 0 fully saturated rings. The maximum absolute atomic E-state index is 13.5. The van der Waals surface area contributed by atoms with Gasteiger partial charge >= 0.3 is 0 Å². The van der Waals surface area contributed by atoms with E-state index in [1.807, 2.05) is 0 Å². The molecule has 0 aromatic carbocycles. The molecule has 0 radical (unpaired) electrons. The third kappa shape index (κ3) is 4.85. The lowest BCUT2D eigenvalue weighted by Crippen LogP contribution is -2.50. The van der Waals surface area contributed by atoms with Crippen LogP contribution in [-0.2, 0) is 4.74 Å². The van der Waals surface area contributed by atoms with Crippen molar-refractivity contribution in [3.63, 3.8) is 0 Å². The maximum atomic E-state index is 13.5. The monoisotopic (exact) mass is 294 g/mol. The van der Waals surface area contributed by atoms with Gasteiger partial charge in [0.2, 0.25) is 0 Å². The molecule has 0 spiro atoms. The van der Waals surface area contributed by atoms with Crippen LogP contribution in [0.2, 0.25) is 0 Å². The summed E-state index contributed by atoms with van der Waals surface area (Å²) in [6.07, 6.45) is -10.7. The van der Waals surface area contributed by atoms with Crippen LogP contribution in [0.4, 0.5) is 26.3 Å². The molecule has 0 aliphatic heterocycles. The van der Waals surface area contributed by atoms with Crippen LogP contribution in [0.15, 0.2) is 0 Å². The zero-order valence-corrected chi connectivity index (χ0v) is 11.4. The van der Waals surface area contributed by atoms with Gasteiger partial charge in [0.25, 0.3) is 11.8 Å². The second-order valence-corrected chi connectivity index (χ2v) is 4.56. The molecule has 0 heterocycles. The molecule has 4 unspecified atom stereocenters. The van der Waals surface area contributed by atoms with Crippen LogP contribution in [0.3, 0.4) is 0 Å². The Bertz CT molecular complexity index is 241. The van der Waals surface area contributed by atoms with Crippen LogP contribution in [-0.4, -0.2) is 36.4 Å². The van der Waals surface area contributed by atoms with E-state index < -0.39 is 49.2 Å². The first kappa shape index (κ1) is 18.5. The van der Waals surface area contributed by atoms with Gasteiger partial charge < -0.3 is 4.74 Å². The van der Waals surface area contributed by atoms with Crippen molar-refractivity contribution in [2.75, 3.05) is 0 Å². The van der Waals surface area contributed by atoms with E-state index >= 15 is 0 Å². The Balaban J connectivity index is 5.19. The van der Waals surface area contributed by atoms with Crippen molar-refractivity contribution in [3.05, 3.63) is 0 Å². The summed E-state index contributed by atoms with van der Waals surface area (Å²) in [5, 5.41) is 0. The summed E-state index contributed by atoms with van der Waals surface area (Å²) in [7, 11) is 0. The lowest BCUT2D eigenvalue weighted by molar-refractivity contribution is -0.241. The van der Waals surface area contributed by atoms with Gasteiger partial charge in [0.05, 0.1) is 0 Å². The first-order chi connectivity index (χ1) is 8.49. The zero-order chi connectivity index (χ0) is 15.4. The van der Waals surface area contributed by atoms with Crippen molar-refractivity contribution in [3.8, 4) is 0 Å². The summed E-state index contributed by atoms with van der Waals surface area (Å²) < 4.78 is 84.6. The fraction of sp³-hybridized carbons (Fsp3) is 1.00. The Morgan fingerprint density at radius 1 is 0.789 bits per heavy atom. The number of ether oxygens (including phenoxy) is 1. The minimum atomic E-state index is -3.63. The maximum Gasteiger partial charge on any atom is 0.276 e. The van der Waals surface area contributed by atoms with E-state index in [-0.39, 0.29) is 0 Å². The zero-order valence-electron chi connectivity index (χ0n) is 11.4. The van der Waals surface area contributed by atoms with Gasteiger partial charge in [0.1, 0.15) is 12.3 Å². The number of halogens is 6. The molecule has 0 saturated carbocycles. The summed E-state index contributed by atoms with van der Waals surface area (Å²) in [5.74, 6) is -7.27. The highest BCUT2D eigenvalue weighted by atomic mass is 19.3. The molecular formula is C12H20F6O. The third-order valence-corrected chi connectivity index (χ3v) is 2.90. The summed E-state index contributed by atoms with van der Waals surface area (Å²) in [6.45, 7) is 3.70. The van der Waals surface area contributed by atoms with Crippen molar-refractivity contribution >= 4 is 0 Å². The van der Waals surface area contributed by atoms with E-state index in [2.05, 4.69) is 4.74 Å². The van der Waals surface area contributed by atoms with E-state index in [1.54, 1.807) is 0 Å². The average Bonchev–Trinajstić information content (AvgIpc) is 2.27. The second-order valence-electron chi connectivity index (χ2n) is 4.56. The number of rotatable bonds is 8. The van der Waals surface area contributed by atoms with E-state index in [0.29, 0.717) is 0 Å². The molecule has 0 N–H and O–H groups in total. The average molecular weight is 294 g/mol. The Morgan fingerprint density at radius 2 is 1.05 bits per heavy atom. The smallest absolute Gasteiger partial charge is 0.276 e. The molecule has 0 aliphatic carbocycles. The predicted molar refractivity (Wildman–Crippen MR) is 60.3 cm³/mol. The molecule has 0 saturated heterocycles. The number of hydrogen-bond acceptors (Lipinski definition) is 1. The highest BCUT2D eigenvalue weighted by Gasteiger charge is 2.50. The molecule has 0 bridgehead atoms. The lowest BCUT2D eigenvalue weighted by atomic mass is 10.0. The molecule has 0 aromatic rings. The van der Waals surface area contributed by atoms with Crippen molar-refractivity contribution in [1.29, 1.82) is 0 Å². The molecule has 0 aliphatic rings. The van der Waals surface area contributed by atoms with Crippen LogP contribution in [0, 0.1) is 0 Å². The quantitative estimate of drug-likeness (QED) is 0.597. The molecule has 0 amide bonds. The minimum Gasteiger partial charge on any atom is -0.356 e. The van der Waals surface area contributed by atoms with E-state index in [1.165, 1.54) is 0 Å². The minimum absolute atomic E-state index is 0.776. The van der Waals surface area contributed by atoms with Gasteiger partial charge in [-0.1, -0.05) is 13.8 Å². The Morgan fingerprint density at radius 3 is 1.21 bits per heavy atom. The van der Waals surface area contributed by atoms with Gasteiger partial charge in [0.15, 0.2) is 12.2 Å². The SMILES string of the molecule is CCC(F)(F)C(OC(C(C)F)C(F)(F)CC)C(C)F. The number of alkyl halides is 6. The van der Waals surface area contributed by atoms with Gasteiger partial charge in [0, 0.05) is 12.8 Å². The molecule has 116 valence electrons. The van der Waals surface area contributed by atoms with Gasteiger partial charge in [-0.3, -0.25) is 0 Å². The highest BCUT2D eigenvalue weighted by Crippen LogP contribution is 2.35. The normalized spacial score (nSPS) is 19.9. The van der Waals surface area contributed by atoms with E-state index in [0.717, 1.165) is 27.7 Å². The van der Waals surface area contributed by atoms with Crippen LogP contribution >= 0.6 is 0 Å². The van der Waals surface area contributed by atoms with Gasteiger partial charge in [-0.05, 0) is 13.8 Å². The highest BCUT2D eigenvalue weighted by molar-refractivity contribution is 4.88. The fourth-order valence-electron chi connectivity index (χ4n) is 1.65. The summed E-state index contributed by atoms with van der Waals surface area (Å²) in [6, 6.07) is 0. The fourth-order valence-corrected chi connectivity index (χ4v) is 1.65. The predicted octanol–water partition coefficient (Wildman–Crippen LogP) is 4.55. The second kappa shape index (κ2) is 6.81. The molecule has 0 rings (SSSR count). The van der Waals surface area contributed by atoms with Crippen molar-refractivity contribution in [1.82, 2.24) is 0 Å². The molecule has 19 heavy (non-hydrogen) atoms. The van der Waals surface area contributed by atoms with E-state index in [9.17, 15) is 26.3 Å². The van der Waals surface area contributed by atoms with Crippen molar-refractivity contribution < 1.29 is 31.1 Å². The first-order valence-corrected chi connectivity index (χ1v) is 6.18. The first-order valence-electron chi connectivity index (χ1n) is 6.18. The van der Waals surface area contributed by atoms with Crippen molar-refractivity contribution in [2.24, 2.45) is 0 Å². The largest absolute Gasteiger partial charge is 0.356 e. The van der Waals surface area contributed by atoms with Crippen LogP contribution in [0.5, 0.6) is 0 Å². The van der Waals surface area contributed by atoms with Gasteiger partial charge in [-0.25, -0.2) is 26.3 Å². The Kier molecular flexibility index (Phi) is 6.65. The molecule has 0 aromatic heterocycles. The van der Waals surface area contributed by atoms with Crippen LogP contribution < -0.4 is 0 Å². The summed E-state index contributed by atoms with van der Waals surface area (Å²) >= 11 is 0.